The molecule has 2 rings (SSSR count). The first-order valence-electron chi connectivity index (χ1n) is 8.73. The number of guanidine groups is 1. The molecule has 2 aromatic rings. The maximum absolute atomic E-state index is 5.85. The largest absolute Gasteiger partial charge is 0.371 e. The number of hydrogen-bond donors (Lipinski definition) is 2. The van der Waals surface area contributed by atoms with Gasteiger partial charge in [0, 0.05) is 39.1 Å². The molecule has 1 aromatic heterocycles. The third-order valence-electron chi connectivity index (χ3n) is 3.68. The van der Waals surface area contributed by atoms with Crippen molar-refractivity contribution >= 4 is 5.96 Å². The minimum absolute atomic E-state index is 0.125. The van der Waals surface area contributed by atoms with Gasteiger partial charge in [0.2, 0.25) is 0 Å². The average molecular weight is 342 g/mol. The van der Waals surface area contributed by atoms with Crippen LogP contribution in [0.3, 0.4) is 0 Å². The summed E-state index contributed by atoms with van der Waals surface area (Å²) in [6, 6.07) is 12.5. The van der Waals surface area contributed by atoms with E-state index in [2.05, 4.69) is 77.6 Å². The smallest absolute Gasteiger partial charge is 0.191 e. The van der Waals surface area contributed by atoms with Gasteiger partial charge in [0.15, 0.2) is 5.96 Å². The molecule has 0 unspecified atom stereocenters. The Labute approximate surface area is 151 Å². The van der Waals surface area contributed by atoms with Crippen LogP contribution in [0.2, 0.25) is 0 Å². The van der Waals surface area contributed by atoms with Gasteiger partial charge < -0.3 is 19.9 Å². The second-order valence-corrected chi connectivity index (χ2v) is 6.99. The van der Waals surface area contributed by atoms with Gasteiger partial charge in [-0.25, -0.2) is 0 Å². The first-order chi connectivity index (χ1) is 12.0. The molecular weight excluding hydrogens is 312 g/mol. The van der Waals surface area contributed by atoms with Crippen LogP contribution in [0.4, 0.5) is 0 Å². The summed E-state index contributed by atoms with van der Waals surface area (Å²) in [4.78, 5) is 4.27. The van der Waals surface area contributed by atoms with E-state index in [-0.39, 0.29) is 5.60 Å². The molecule has 0 bridgehead atoms. The van der Waals surface area contributed by atoms with Gasteiger partial charge in [-0.15, -0.1) is 0 Å². The Balaban J connectivity index is 1.78. The van der Waals surface area contributed by atoms with Crippen molar-refractivity contribution in [1.82, 2.24) is 15.2 Å². The van der Waals surface area contributed by atoms with E-state index in [9.17, 15) is 0 Å². The molecule has 0 aliphatic heterocycles. The normalized spacial score (nSPS) is 12.2. The van der Waals surface area contributed by atoms with Gasteiger partial charge in [0.25, 0.3) is 0 Å². The number of hydrogen-bond acceptors (Lipinski definition) is 2. The SMILES string of the molecule is CN=C(NCCn1cccc1)NCc1cccc(COC(C)(C)C)c1. The molecular formula is C20H30N4O. The van der Waals surface area contributed by atoms with Crippen LogP contribution in [0.15, 0.2) is 53.8 Å². The Hall–Kier alpha value is -2.27. The fraction of sp³-hybridized carbons (Fsp3) is 0.450. The van der Waals surface area contributed by atoms with Crippen LogP contribution in [-0.2, 0) is 24.4 Å². The van der Waals surface area contributed by atoms with Crippen molar-refractivity contribution in [3.8, 4) is 0 Å². The molecule has 0 atom stereocenters. The molecule has 0 saturated carbocycles. The van der Waals surface area contributed by atoms with Gasteiger partial charge in [-0.05, 0) is 44.0 Å². The summed E-state index contributed by atoms with van der Waals surface area (Å²) in [6.45, 7) is 9.31. The molecule has 0 spiro atoms. The Morgan fingerprint density at radius 3 is 2.48 bits per heavy atom. The fourth-order valence-electron chi connectivity index (χ4n) is 2.36. The third kappa shape index (κ3) is 7.44. The number of ether oxygens (including phenoxy) is 1. The number of nitrogens with zero attached hydrogens (tertiary/aromatic N) is 2. The first kappa shape index (κ1) is 19.1. The van der Waals surface area contributed by atoms with Crippen molar-refractivity contribution in [3.63, 3.8) is 0 Å². The molecule has 0 fully saturated rings. The average Bonchev–Trinajstić information content (AvgIpc) is 3.09. The number of benzene rings is 1. The van der Waals surface area contributed by atoms with E-state index < -0.39 is 0 Å². The second-order valence-electron chi connectivity index (χ2n) is 6.99. The van der Waals surface area contributed by atoms with Crippen LogP contribution in [0.1, 0.15) is 31.9 Å². The van der Waals surface area contributed by atoms with Gasteiger partial charge in [0.1, 0.15) is 0 Å². The van der Waals surface area contributed by atoms with Gasteiger partial charge >= 0.3 is 0 Å². The molecule has 25 heavy (non-hydrogen) atoms. The van der Waals surface area contributed by atoms with Crippen molar-refractivity contribution in [2.45, 2.75) is 46.1 Å². The predicted molar refractivity (Wildman–Crippen MR) is 104 cm³/mol. The molecule has 0 aliphatic rings. The third-order valence-corrected chi connectivity index (χ3v) is 3.68. The van der Waals surface area contributed by atoms with Gasteiger partial charge in [-0.3, -0.25) is 4.99 Å². The lowest BCUT2D eigenvalue weighted by Gasteiger charge is -2.19. The van der Waals surface area contributed by atoms with E-state index in [0.29, 0.717) is 6.61 Å². The Morgan fingerprint density at radius 2 is 1.80 bits per heavy atom. The molecule has 2 N–H and O–H groups in total. The van der Waals surface area contributed by atoms with Crippen LogP contribution >= 0.6 is 0 Å². The van der Waals surface area contributed by atoms with E-state index in [0.717, 1.165) is 25.6 Å². The zero-order chi connectivity index (χ0) is 18.1. The van der Waals surface area contributed by atoms with E-state index in [1.807, 2.05) is 12.1 Å². The van der Waals surface area contributed by atoms with Gasteiger partial charge in [-0.1, -0.05) is 24.3 Å². The molecule has 1 heterocycles. The summed E-state index contributed by atoms with van der Waals surface area (Å²) >= 11 is 0. The van der Waals surface area contributed by atoms with Gasteiger partial charge in [0.05, 0.1) is 12.2 Å². The van der Waals surface area contributed by atoms with Crippen molar-refractivity contribution in [3.05, 3.63) is 59.9 Å². The van der Waals surface area contributed by atoms with Crippen molar-refractivity contribution in [1.29, 1.82) is 0 Å². The standard InChI is InChI=1S/C20H30N4O/c1-20(2,3)25-16-18-9-7-8-17(14-18)15-23-19(21-4)22-10-13-24-11-5-6-12-24/h5-9,11-12,14H,10,13,15-16H2,1-4H3,(H2,21,22,23). The highest BCUT2D eigenvalue weighted by atomic mass is 16.5. The molecule has 0 saturated heterocycles. The molecule has 0 aliphatic carbocycles. The predicted octanol–water partition coefficient (Wildman–Crippen LogP) is 3.17. The summed E-state index contributed by atoms with van der Waals surface area (Å²) in [7, 11) is 1.79. The number of nitrogens with one attached hydrogen (secondary N) is 2. The van der Waals surface area contributed by atoms with Crippen LogP contribution < -0.4 is 10.6 Å². The van der Waals surface area contributed by atoms with Crippen molar-refractivity contribution < 1.29 is 4.74 Å². The van der Waals surface area contributed by atoms with Crippen molar-refractivity contribution in [2.24, 2.45) is 4.99 Å². The summed E-state index contributed by atoms with van der Waals surface area (Å²) in [5.74, 6) is 0.809. The number of aromatic nitrogens is 1. The minimum Gasteiger partial charge on any atom is -0.371 e. The topological polar surface area (TPSA) is 50.6 Å². The monoisotopic (exact) mass is 342 g/mol. The van der Waals surface area contributed by atoms with E-state index in [1.165, 1.54) is 11.1 Å². The molecule has 0 amide bonds. The molecule has 136 valence electrons. The number of aliphatic imine (C=N–C) groups is 1. The summed E-state index contributed by atoms with van der Waals surface area (Å²) < 4.78 is 7.98. The molecule has 1 aromatic carbocycles. The lowest BCUT2D eigenvalue weighted by molar-refractivity contribution is -0.0149. The van der Waals surface area contributed by atoms with Crippen LogP contribution in [-0.4, -0.2) is 29.7 Å². The van der Waals surface area contributed by atoms with Crippen LogP contribution in [0.25, 0.3) is 0 Å². The van der Waals surface area contributed by atoms with Crippen LogP contribution in [0, 0.1) is 0 Å². The summed E-state index contributed by atoms with van der Waals surface area (Å²) in [5, 5.41) is 6.69. The zero-order valence-corrected chi connectivity index (χ0v) is 15.7. The highest BCUT2D eigenvalue weighted by molar-refractivity contribution is 5.79. The molecule has 0 radical (unpaired) electrons. The number of rotatable bonds is 7. The van der Waals surface area contributed by atoms with E-state index >= 15 is 0 Å². The fourth-order valence-corrected chi connectivity index (χ4v) is 2.36. The highest BCUT2D eigenvalue weighted by Gasteiger charge is 2.10. The van der Waals surface area contributed by atoms with Crippen molar-refractivity contribution in [2.75, 3.05) is 13.6 Å². The van der Waals surface area contributed by atoms with Crippen LogP contribution in [0.5, 0.6) is 0 Å². The molecule has 5 heteroatoms. The van der Waals surface area contributed by atoms with Gasteiger partial charge in [-0.2, -0.15) is 0 Å². The Kier molecular flexibility index (Phi) is 7.07. The Bertz CT molecular complexity index is 657. The molecule has 5 nitrogen and oxygen atoms in total. The lowest BCUT2D eigenvalue weighted by Crippen LogP contribution is -2.38. The van der Waals surface area contributed by atoms with E-state index in [1.54, 1.807) is 7.05 Å². The lowest BCUT2D eigenvalue weighted by atomic mass is 10.1. The maximum Gasteiger partial charge on any atom is 0.191 e. The highest BCUT2D eigenvalue weighted by Crippen LogP contribution is 2.13. The minimum atomic E-state index is -0.125. The quantitative estimate of drug-likeness (QED) is 0.600. The Morgan fingerprint density at radius 1 is 1.08 bits per heavy atom. The first-order valence-corrected chi connectivity index (χ1v) is 8.73. The zero-order valence-electron chi connectivity index (χ0n) is 15.7. The summed E-state index contributed by atoms with van der Waals surface area (Å²) in [5.41, 5.74) is 2.27. The second kappa shape index (κ2) is 9.28. The summed E-state index contributed by atoms with van der Waals surface area (Å²) in [6.07, 6.45) is 4.12. The van der Waals surface area contributed by atoms with E-state index in [4.69, 9.17) is 4.74 Å². The maximum atomic E-state index is 5.85.